The molecule has 6 heteroatoms. The second kappa shape index (κ2) is 7.16. The van der Waals surface area contributed by atoms with Crippen LogP contribution in [0.25, 0.3) is 0 Å². The Balaban J connectivity index is 1.88. The van der Waals surface area contributed by atoms with Gasteiger partial charge in [0.25, 0.3) is 0 Å². The zero-order chi connectivity index (χ0) is 14.5. The standard InChI is InChI=1S/C14H18Cl2N2O2/c1-2-20-14(19)18-7-5-17(6-8-18)10-11-9-12(15)3-4-13(11)16/h3-4,9H,2,5-8,10H2,1H3. The van der Waals surface area contributed by atoms with E-state index in [1.807, 2.05) is 19.1 Å². The van der Waals surface area contributed by atoms with Crippen LogP contribution in [0.1, 0.15) is 12.5 Å². The molecule has 0 unspecified atom stereocenters. The van der Waals surface area contributed by atoms with Crippen molar-refractivity contribution in [1.29, 1.82) is 0 Å². The van der Waals surface area contributed by atoms with E-state index < -0.39 is 0 Å². The molecular weight excluding hydrogens is 299 g/mol. The van der Waals surface area contributed by atoms with Crippen LogP contribution in [-0.4, -0.2) is 48.7 Å². The molecule has 0 radical (unpaired) electrons. The lowest BCUT2D eigenvalue weighted by Crippen LogP contribution is -2.48. The van der Waals surface area contributed by atoms with Crippen molar-refractivity contribution in [1.82, 2.24) is 9.80 Å². The predicted octanol–water partition coefficient (Wildman–Crippen LogP) is 3.27. The van der Waals surface area contributed by atoms with E-state index in [4.69, 9.17) is 27.9 Å². The van der Waals surface area contributed by atoms with Gasteiger partial charge in [-0.15, -0.1) is 0 Å². The lowest BCUT2D eigenvalue weighted by atomic mass is 10.2. The highest BCUT2D eigenvalue weighted by molar-refractivity contribution is 6.33. The predicted molar refractivity (Wildman–Crippen MR) is 80.3 cm³/mol. The number of rotatable bonds is 3. The number of ether oxygens (including phenoxy) is 1. The van der Waals surface area contributed by atoms with E-state index in [-0.39, 0.29) is 6.09 Å². The fourth-order valence-electron chi connectivity index (χ4n) is 2.21. The lowest BCUT2D eigenvalue weighted by molar-refractivity contribution is 0.0778. The molecule has 0 spiro atoms. The van der Waals surface area contributed by atoms with Gasteiger partial charge in [0.1, 0.15) is 0 Å². The summed E-state index contributed by atoms with van der Waals surface area (Å²) in [5.41, 5.74) is 1.02. The number of benzene rings is 1. The molecule has 0 atom stereocenters. The van der Waals surface area contributed by atoms with Gasteiger partial charge in [-0.2, -0.15) is 0 Å². The molecule has 0 N–H and O–H groups in total. The number of amides is 1. The molecule has 1 aromatic rings. The van der Waals surface area contributed by atoms with Gasteiger partial charge in [0, 0.05) is 42.8 Å². The van der Waals surface area contributed by atoms with Crippen molar-refractivity contribution < 1.29 is 9.53 Å². The van der Waals surface area contributed by atoms with Gasteiger partial charge >= 0.3 is 6.09 Å². The maximum absolute atomic E-state index is 11.6. The Kier molecular flexibility index (Phi) is 5.52. The van der Waals surface area contributed by atoms with Gasteiger partial charge in [-0.05, 0) is 30.7 Å². The minimum atomic E-state index is -0.229. The third kappa shape index (κ3) is 4.01. The highest BCUT2D eigenvalue weighted by Gasteiger charge is 2.22. The first-order valence-corrected chi connectivity index (χ1v) is 7.43. The average Bonchev–Trinajstić information content (AvgIpc) is 2.44. The van der Waals surface area contributed by atoms with Crippen LogP contribution < -0.4 is 0 Å². The highest BCUT2D eigenvalue weighted by atomic mass is 35.5. The zero-order valence-electron chi connectivity index (χ0n) is 11.4. The molecule has 1 fully saturated rings. The van der Waals surface area contributed by atoms with Crippen LogP contribution in [0.3, 0.4) is 0 Å². The minimum Gasteiger partial charge on any atom is -0.450 e. The van der Waals surface area contributed by atoms with Crippen molar-refractivity contribution in [3.63, 3.8) is 0 Å². The van der Waals surface area contributed by atoms with Gasteiger partial charge in [-0.25, -0.2) is 4.79 Å². The van der Waals surface area contributed by atoms with Crippen LogP contribution in [-0.2, 0) is 11.3 Å². The lowest BCUT2D eigenvalue weighted by Gasteiger charge is -2.34. The summed E-state index contributed by atoms with van der Waals surface area (Å²) in [5.74, 6) is 0. The maximum Gasteiger partial charge on any atom is 0.409 e. The van der Waals surface area contributed by atoms with Gasteiger partial charge in [-0.1, -0.05) is 23.2 Å². The molecule has 4 nitrogen and oxygen atoms in total. The average molecular weight is 317 g/mol. The Bertz CT molecular complexity index is 474. The quantitative estimate of drug-likeness (QED) is 0.858. The monoisotopic (exact) mass is 316 g/mol. The molecule has 0 aliphatic carbocycles. The third-order valence-corrected chi connectivity index (χ3v) is 3.90. The van der Waals surface area contributed by atoms with E-state index in [0.29, 0.717) is 24.7 Å². The maximum atomic E-state index is 11.6. The van der Waals surface area contributed by atoms with E-state index in [1.54, 1.807) is 11.0 Å². The number of piperazine rings is 1. The van der Waals surface area contributed by atoms with Gasteiger partial charge in [-0.3, -0.25) is 4.90 Å². The van der Waals surface area contributed by atoms with Crippen LogP contribution in [0.4, 0.5) is 4.79 Å². The largest absolute Gasteiger partial charge is 0.450 e. The van der Waals surface area contributed by atoms with Gasteiger partial charge in [0.2, 0.25) is 0 Å². The first-order valence-electron chi connectivity index (χ1n) is 6.68. The Morgan fingerprint density at radius 2 is 1.95 bits per heavy atom. The summed E-state index contributed by atoms with van der Waals surface area (Å²) < 4.78 is 5.00. The van der Waals surface area contributed by atoms with Crippen molar-refractivity contribution in [3.05, 3.63) is 33.8 Å². The Morgan fingerprint density at radius 3 is 2.60 bits per heavy atom. The fourth-order valence-corrected chi connectivity index (χ4v) is 2.58. The molecule has 0 aromatic heterocycles. The summed E-state index contributed by atoms with van der Waals surface area (Å²) in [5, 5.41) is 1.41. The normalized spacial score (nSPS) is 16.2. The summed E-state index contributed by atoms with van der Waals surface area (Å²) in [4.78, 5) is 15.6. The van der Waals surface area contributed by atoms with Crippen LogP contribution in [0.2, 0.25) is 10.0 Å². The van der Waals surface area contributed by atoms with Crippen molar-refractivity contribution >= 4 is 29.3 Å². The van der Waals surface area contributed by atoms with Crippen molar-refractivity contribution in [2.24, 2.45) is 0 Å². The Morgan fingerprint density at radius 1 is 1.25 bits per heavy atom. The second-order valence-electron chi connectivity index (χ2n) is 4.70. The highest BCUT2D eigenvalue weighted by Crippen LogP contribution is 2.22. The molecule has 0 saturated carbocycles. The summed E-state index contributed by atoms with van der Waals surface area (Å²) in [6, 6.07) is 5.49. The minimum absolute atomic E-state index is 0.229. The van der Waals surface area contributed by atoms with Crippen molar-refractivity contribution in [3.8, 4) is 0 Å². The molecule has 2 rings (SSSR count). The number of hydrogen-bond acceptors (Lipinski definition) is 3. The van der Waals surface area contributed by atoms with Gasteiger partial charge in [0.15, 0.2) is 0 Å². The number of carbonyl (C=O) groups excluding carboxylic acids is 1. The van der Waals surface area contributed by atoms with Crippen LogP contribution >= 0.6 is 23.2 Å². The van der Waals surface area contributed by atoms with Gasteiger partial charge in [0.05, 0.1) is 6.61 Å². The van der Waals surface area contributed by atoms with Crippen molar-refractivity contribution in [2.75, 3.05) is 32.8 Å². The van der Waals surface area contributed by atoms with Gasteiger partial charge < -0.3 is 9.64 Å². The molecule has 20 heavy (non-hydrogen) atoms. The molecule has 1 aliphatic heterocycles. The number of carbonyl (C=O) groups is 1. The Hall–Kier alpha value is -0.970. The van der Waals surface area contributed by atoms with E-state index in [0.717, 1.165) is 30.2 Å². The van der Waals surface area contributed by atoms with E-state index >= 15 is 0 Å². The van der Waals surface area contributed by atoms with E-state index in [9.17, 15) is 4.79 Å². The first kappa shape index (κ1) is 15.4. The third-order valence-electron chi connectivity index (χ3n) is 3.30. The first-order chi connectivity index (χ1) is 9.60. The topological polar surface area (TPSA) is 32.8 Å². The van der Waals surface area contributed by atoms with E-state index in [1.165, 1.54) is 0 Å². The molecular formula is C14H18Cl2N2O2. The summed E-state index contributed by atoms with van der Waals surface area (Å²) in [6.45, 7) is 5.94. The van der Waals surface area contributed by atoms with Crippen LogP contribution in [0.15, 0.2) is 18.2 Å². The Labute approximate surface area is 129 Å². The van der Waals surface area contributed by atoms with Crippen molar-refractivity contribution in [2.45, 2.75) is 13.5 Å². The molecule has 0 bridgehead atoms. The molecule has 1 aliphatic rings. The molecule has 1 aromatic carbocycles. The number of nitrogens with zero attached hydrogens (tertiary/aromatic N) is 2. The summed E-state index contributed by atoms with van der Waals surface area (Å²) in [7, 11) is 0. The fraction of sp³-hybridized carbons (Fsp3) is 0.500. The molecule has 110 valence electrons. The molecule has 1 amide bonds. The van der Waals surface area contributed by atoms with Crippen LogP contribution in [0.5, 0.6) is 0 Å². The summed E-state index contributed by atoms with van der Waals surface area (Å²) >= 11 is 12.2. The van der Waals surface area contributed by atoms with Crippen LogP contribution in [0, 0.1) is 0 Å². The number of halogens is 2. The molecule has 1 saturated heterocycles. The second-order valence-corrected chi connectivity index (χ2v) is 5.54. The SMILES string of the molecule is CCOC(=O)N1CCN(Cc2cc(Cl)ccc2Cl)CC1. The zero-order valence-corrected chi connectivity index (χ0v) is 13.0. The van der Waals surface area contributed by atoms with E-state index in [2.05, 4.69) is 4.90 Å². The summed E-state index contributed by atoms with van der Waals surface area (Å²) in [6.07, 6.45) is -0.229. The smallest absolute Gasteiger partial charge is 0.409 e. The molecule has 1 heterocycles. The number of hydrogen-bond donors (Lipinski definition) is 0.